The molecule has 3 atom stereocenters. The number of allylic oxidation sites excluding steroid dienone is 2. The highest BCUT2D eigenvalue weighted by molar-refractivity contribution is 9.10. The third kappa shape index (κ3) is 5.29. The molecule has 0 fully saturated rings. The molecule has 4 aromatic rings. The first-order valence-corrected chi connectivity index (χ1v) is 14.1. The van der Waals surface area contributed by atoms with Crippen LogP contribution in [0.2, 0.25) is 5.02 Å². The number of anilines is 1. The van der Waals surface area contributed by atoms with E-state index in [9.17, 15) is 0 Å². The molecule has 0 aromatic heterocycles. The molecule has 1 heterocycles. The Morgan fingerprint density at radius 2 is 1.82 bits per heavy atom. The predicted molar refractivity (Wildman–Crippen MR) is 161 cm³/mol. The van der Waals surface area contributed by atoms with Crippen molar-refractivity contribution in [3.05, 3.63) is 134 Å². The van der Waals surface area contributed by atoms with E-state index in [0.717, 1.165) is 38.5 Å². The van der Waals surface area contributed by atoms with Gasteiger partial charge >= 0.3 is 0 Å². The smallest absolute Gasteiger partial charge is 0.128 e. The van der Waals surface area contributed by atoms with Gasteiger partial charge in [0.25, 0.3) is 0 Å². The quantitative estimate of drug-likeness (QED) is 0.181. The maximum atomic E-state index is 6.11. The summed E-state index contributed by atoms with van der Waals surface area (Å²) in [4.78, 5) is 4.77. The van der Waals surface area contributed by atoms with E-state index in [0.29, 0.717) is 18.4 Å². The highest BCUT2D eigenvalue weighted by atomic mass is 79.9. The molecule has 5 heteroatoms. The number of rotatable bonds is 6. The van der Waals surface area contributed by atoms with Gasteiger partial charge in [0.2, 0.25) is 0 Å². The van der Waals surface area contributed by atoms with Crippen LogP contribution in [0.4, 0.5) is 11.4 Å². The number of benzene rings is 4. The van der Waals surface area contributed by atoms with Gasteiger partial charge in [-0.25, -0.2) is 0 Å². The van der Waals surface area contributed by atoms with Crippen LogP contribution in [0.25, 0.3) is 0 Å². The molecule has 0 spiro atoms. The van der Waals surface area contributed by atoms with Crippen molar-refractivity contribution < 1.29 is 4.74 Å². The van der Waals surface area contributed by atoms with Gasteiger partial charge in [-0.15, -0.1) is 0 Å². The Hall–Kier alpha value is -3.34. The van der Waals surface area contributed by atoms with E-state index >= 15 is 0 Å². The molecule has 0 saturated heterocycles. The van der Waals surface area contributed by atoms with E-state index in [-0.39, 0.29) is 6.04 Å². The molecule has 190 valence electrons. The van der Waals surface area contributed by atoms with Crippen LogP contribution in [0, 0.1) is 12.8 Å². The third-order valence-electron chi connectivity index (χ3n) is 7.40. The van der Waals surface area contributed by atoms with Gasteiger partial charge < -0.3 is 10.1 Å². The Bertz CT molecular complexity index is 1510. The minimum Gasteiger partial charge on any atom is -0.488 e. The molecule has 4 aromatic carbocycles. The van der Waals surface area contributed by atoms with Gasteiger partial charge in [-0.05, 0) is 84.5 Å². The van der Waals surface area contributed by atoms with Crippen LogP contribution in [-0.4, -0.2) is 6.21 Å². The van der Waals surface area contributed by atoms with Crippen molar-refractivity contribution in [3.63, 3.8) is 0 Å². The third-order valence-corrected chi connectivity index (χ3v) is 8.15. The SMILES string of the molecule is Cc1ccc2c(c1)[C@@H]1C=CC[C@H]1[C@H](c1ccc(N=Cc3cc(Br)ccc3OCc3ccc(Cl)cc3)cc1)N2. The van der Waals surface area contributed by atoms with Crippen molar-refractivity contribution in [1.29, 1.82) is 0 Å². The summed E-state index contributed by atoms with van der Waals surface area (Å²) in [5.74, 6) is 1.78. The van der Waals surface area contributed by atoms with Crippen molar-refractivity contribution in [1.82, 2.24) is 0 Å². The molecule has 0 saturated carbocycles. The molecule has 1 aliphatic heterocycles. The summed E-state index contributed by atoms with van der Waals surface area (Å²) in [6.45, 7) is 2.63. The van der Waals surface area contributed by atoms with E-state index in [1.165, 1.54) is 22.4 Å². The van der Waals surface area contributed by atoms with Gasteiger partial charge in [-0.1, -0.05) is 81.6 Å². The largest absolute Gasteiger partial charge is 0.488 e. The van der Waals surface area contributed by atoms with Gasteiger partial charge in [0.1, 0.15) is 12.4 Å². The zero-order valence-corrected chi connectivity index (χ0v) is 23.4. The Kier molecular flexibility index (Phi) is 7.10. The van der Waals surface area contributed by atoms with E-state index < -0.39 is 0 Å². The number of nitrogens with zero attached hydrogens (tertiary/aromatic N) is 1. The molecule has 1 N–H and O–H groups in total. The van der Waals surface area contributed by atoms with E-state index in [4.69, 9.17) is 21.3 Å². The number of aliphatic imine (C=N–C) groups is 1. The lowest BCUT2D eigenvalue weighted by Crippen LogP contribution is -2.29. The van der Waals surface area contributed by atoms with Gasteiger partial charge in [0.05, 0.1) is 11.7 Å². The van der Waals surface area contributed by atoms with Gasteiger partial charge in [-0.3, -0.25) is 4.99 Å². The molecular weight excluding hydrogens is 556 g/mol. The van der Waals surface area contributed by atoms with Gasteiger partial charge in [-0.2, -0.15) is 0 Å². The monoisotopic (exact) mass is 582 g/mol. The number of fused-ring (bicyclic) bond motifs is 3. The highest BCUT2D eigenvalue weighted by Crippen LogP contribution is 2.50. The zero-order chi connectivity index (χ0) is 26.1. The summed E-state index contributed by atoms with van der Waals surface area (Å²) in [6, 6.07) is 29.3. The van der Waals surface area contributed by atoms with Crippen LogP contribution in [-0.2, 0) is 6.61 Å². The second-order valence-electron chi connectivity index (χ2n) is 10.0. The minimum absolute atomic E-state index is 0.279. The number of hydrogen-bond donors (Lipinski definition) is 1. The Balaban J connectivity index is 1.19. The van der Waals surface area contributed by atoms with Crippen LogP contribution in [0.5, 0.6) is 5.75 Å². The zero-order valence-electron chi connectivity index (χ0n) is 21.1. The molecule has 0 unspecified atom stereocenters. The normalized spacial score (nSPS) is 19.7. The van der Waals surface area contributed by atoms with Crippen molar-refractivity contribution in [2.45, 2.75) is 31.9 Å². The molecule has 0 amide bonds. The van der Waals surface area contributed by atoms with Crippen LogP contribution < -0.4 is 10.1 Å². The second kappa shape index (κ2) is 10.8. The molecule has 38 heavy (non-hydrogen) atoms. The van der Waals surface area contributed by atoms with Crippen LogP contribution in [0.1, 0.15) is 46.2 Å². The summed E-state index contributed by atoms with van der Waals surface area (Å²) in [7, 11) is 0. The molecule has 0 bridgehead atoms. The average Bonchev–Trinajstić information content (AvgIpc) is 3.43. The predicted octanol–water partition coefficient (Wildman–Crippen LogP) is 9.57. The van der Waals surface area contributed by atoms with E-state index in [1.807, 2.05) is 48.7 Å². The molecule has 2 aliphatic rings. The van der Waals surface area contributed by atoms with Gasteiger partial charge in [0, 0.05) is 32.9 Å². The Labute approximate surface area is 237 Å². The number of ether oxygens (including phenoxy) is 1. The highest BCUT2D eigenvalue weighted by Gasteiger charge is 2.37. The fourth-order valence-electron chi connectivity index (χ4n) is 5.45. The molecule has 3 nitrogen and oxygen atoms in total. The van der Waals surface area contributed by atoms with Crippen molar-refractivity contribution in [2.75, 3.05) is 5.32 Å². The van der Waals surface area contributed by atoms with Gasteiger partial charge in [0.15, 0.2) is 0 Å². The summed E-state index contributed by atoms with van der Waals surface area (Å²) in [6.07, 6.45) is 7.69. The topological polar surface area (TPSA) is 33.6 Å². The summed E-state index contributed by atoms with van der Waals surface area (Å²) in [5, 5.41) is 4.54. The molecular formula is C33H28BrClN2O. The number of hydrogen-bond acceptors (Lipinski definition) is 3. The number of halogens is 2. The fraction of sp³-hybridized carbons (Fsp3) is 0.182. The first kappa shape index (κ1) is 25.0. The first-order chi connectivity index (χ1) is 18.5. The number of nitrogens with one attached hydrogen (secondary N) is 1. The fourth-order valence-corrected chi connectivity index (χ4v) is 5.95. The van der Waals surface area contributed by atoms with Crippen molar-refractivity contribution in [3.8, 4) is 5.75 Å². The first-order valence-electron chi connectivity index (χ1n) is 12.9. The summed E-state index contributed by atoms with van der Waals surface area (Å²) >= 11 is 9.58. The summed E-state index contributed by atoms with van der Waals surface area (Å²) < 4.78 is 7.09. The van der Waals surface area contributed by atoms with Crippen LogP contribution >= 0.6 is 27.5 Å². The minimum atomic E-state index is 0.279. The maximum absolute atomic E-state index is 6.11. The summed E-state index contributed by atoms with van der Waals surface area (Å²) in [5.41, 5.74) is 8.16. The second-order valence-corrected chi connectivity index (χ2v) is 11.4. The maximum Gasteiger partial charge on any atom is 0.128 e. The lowest BCUT2D eigenvalue weighted by Gasteiger charge is -2.37. The van der Waals surface area contributed by atoms with Crippen molar-refractivity contribution >= 4 is 45.1 Å². The van der Waals surface area contributed by atoms with Crippen molar-refractivity contribution in [2.24, 2.45) is 10.9 Å². The molecule has 6 rings (SSSR count). The van der Waals surface area contributed by atoms with E-state index in [2.05, 4.69) is 82.8 Å². The van der Waals surface area contributed by atoms with E-state index in [1.54, 1.807) is 0 Å². The molecule has 0 radical (unpaired) electrons. The van der Waals surface area contributed by atoms with Crippen LogP contribution in [0.3, 0.4) is 0 Å². The standard InChI is InChI=1S/C33H28BrClN2O/c1-21-5-15-31-30(17-21)28-3-2-4-29(28)33(37-31)23-8-13-27(14-9-23)36-19-24-18-25(34)10-16-32(24)38-20-22-6-11-26(35)12-7-22/h2-3,5-19,28-29,33,37H,4,20H2,1H3/t28-,29-,33+/m1/s1. The lowest BCUT2D eigenvalue weighted by atomic mass is 9.76. The average molecular weight is 584 g/mol. The molecule has 1 aliphatic carbocycles. The van der Waals surface area contributed by atoms with Crippen LogP contribution in [0.15, 0.2) is 107 Å². The number of aryl methyl sites for hydroxylation is 1. The Morgan fingerprint density at radius 3 is 2.63 bits per heavy atom. The lowest BCUT2D eigenvalue weighted by molar-refractivity contribution is 0.306. The Morgan fingerprint density at radius 1 is 1.00 bits per heavy atom.